The number of methoxy groups -OCH3 is 2. The predicted molar refractivity (Wildman–Crippen MR) is 148 cm³/mol. The molecule has 4 rings (SSSR count). The molecule has 1 aliphatic heterocycles. The van der Waals surface area contributed by atoms with Crippen molar-refractivity contribution in [3.8, 4) is 17.2 Å². The van der Waals surface area contributed by atoms with Crippen LogP contribution in [0.25, 0.3) is 6.08 Å². The summed E-state index contributed by atoms with van der Waals surface area (Å²) in [6.07, 6.45) is 1.74. The summed E-state index contributed by atoms with van der Waals surface area (Å²) >= 11 is 6.59. The molecule has 0 spiro atoms. The van der Waals surface area contributed by atoms with Crippen LogP contribution in [0.5, 0.6) is 17.2 Å². The van der Waals surface area contributed by atoms with E-state index < -0.39 is 12.0 Å². The molecule has 0 fully saturated rings. The van der Waals surface area contributed by atoms with E-state index in [-0.39, 0.29) is 23.5 Å². The second-order valence-corrected chi connectivity index (χ2v) is 10.8. The zero-order valence-corrected chi connectivity index (χ0v) is 24.4. The van der Waals surface area contributed by atoms with Gasteiger partial charge in [-0.2, -0.15) is 0 Å². The van der Waals surface area contributed by atoms with Gasteiger partial charge in [-0.1, -0.05) is 11.3 Å². The monoisotopic (exact) mass is 684 g/mol. The Morgan fingerprint density at radius 2 is 2.03 bits per heavy atom. The lowest BCUT2D eigenvalue weighted by Gasteiger charge is -2.26. The van der Waals surface area contributed by atoms with Gasteiger partial charge in [-0.05, 0) is 94.3 Å². The molecule has 3 aromatic rings. The summed E-state index contributed by atoms with van der Waals surface area (Å²) in [5.41, 5.74) is 1.69. The smallest absolute Gasteiger partial charge is 0.338 e. The Morgan fingerprint density at radius 1 is 1.28 bits per heavy atom. The van der Waals surface area contributed by atoms with E-state index in [9.17, 15) is 14.7 Å². The van der Waals surface area contributed by atoms with E-state index in [1.165, 1.54) is 23.0 Å². The molecule has 1 N–H and O–H groups in total. The van der Waals surface area contributed by atoms with Gasteiger partial charge in [0.05, 0.1) is 44.7 Å². The van der Waals surface area contributed by atoms with E-state index in [1.54, 1.807) is 57.4 Å². The Bertz CT molecular complexity index is 1550. The minimum atomic E-state index is -0.834. The Kier molecular flexibility index (Phi) is 7.90. The van der Waals surface area contributed by atoms with Gasteiger partial charge in [0, 0.05) is 5.56 Å². The molecule has 8 nitrogen and oxygen atoms in total. The number of carbonyl (C=O) groups excluding carboxylic acids is 1. The molecule has 2 heterocycles. The minimum Gasteiger partial charge on any atom is -0.506 e. The van der Waals surface area contributed by atoms with Gasteiger partial charge in [-0.25, -0.2) is 9.79 Å². The van der Waals surface area contributed by atoms with Crippen molar-refractivity contribution in [1.82, 2.24) is 4.57 Å². The summed E-state index contributed by atoms with van der Waals surface area (Å²) in [7, 11) is 3.07. The van der Waals surface area contributed by atoms with Gasteiger partial charge in [0.2, 0.25) is 0 Å². The molecule has 11 heteroatoms. The van der Waals surface area contributed by atoms with Crippen LogP contribution in [0.2, 0.25) is 0 Å². The van der Waals surface area contributed by atoms with Gasteiger partial charge >= 0.3 is 5.97 Å². The maximum absolute atomic E-state index is 13.8. The van der Waals surface area contributed by atoms with Gasteiger partial charge in [-0.15, -0.1) is 0 Å². The number of aromatic nitrogens is 1. The highest BCUT2D eigenvalue weighted by atomic mass is 127. The molecule has 0 unspecified atom stereocenters. The normalized spacial score (nSPS) is 15.4. The highest BCUT2D eigenvalue weighted by Gasteiger charge is 2.35. The Hall–Kier alpha value is -2.64. The maximum atomic E-state index is 13.8. The zero-order chi connectivity index (χ0) is 26.1. The second kappa shape index (κ2) is 10.8. The molecule has 0 saturated heterocycles. The zero-order valence-electron chi connectivity index (χ0n) is 19.8. The number of rotatable bonds is 6. The SMILES string of the molecule is CCOC(=O)C1=C(C)N=c2s/c(=C/c3cc(Br)c(O)c(I)c3)c(=O)n2[C@H]1c1cc(OC)ccc1OC. The van der Waals surface area contributed by atoms with Crippen LogP contribution in [0.4, 0.5) is 0 Å². The summed E-state index contributed by atoms with van der Waals surface area (Å²) in [5, 5.41) is 10.1. The lowest BCUT2D eigenvalue weighted by Crippen LogP contribution is -2.40. The minimum absolute atomic E-state index is 0.133. The van der Waals surface area contributed by atoms with E-state index in [0.29, 0.717) is 40.1 Å². The lowest BCUT2D eigenvalue weighted by atomic mass is 9.94. The predicted octanol–water partition coefficient (Wildman–Crippen LogP) is 3.89. The number of carbonyl (C=O) groups is 1. The standard InChI is InChI=1S/C25H22BrIN2O6S/c1-5-35-24(32)20-12(2)28-25-29(21(20)15-11-14(33-3)6-7-18(15)34-4)23(31)19(36-25)10-13-8-16(26)22(30)17(27)9-13/h6-11,21,30H,5H2,1-4H3/b19-10+/t21-/m0/s1. The highest BCUT2D eigenvalue weighted by Crippen LogP contribution is 2.38. The fourth-order valence-corrected chi connectivity index (χ4v) is 6.50. The van der Waals surface area contributed by atoms with Crippen LogP contribution < -0.4 is 24.4 Å². The molecule has 1 aromatic heterocycles. The molecule has 0 aliphatic carbocycles. The molecule has 0 saturated carbocycles. The number of nitrogens with zero attached hydrogens (tertiary/aromatic N) is 2. The van der Waals surface area contributed by atoms with Crippen LogP contribution in [0, 0.1) is 3.57 Å². The van der Waals surface area contributed by atoms with Crippen LogP contribution in [-0.4, -0.2) is 36.5 Å². The van der Waals surface area contributed by atoms with E-state index in [4.69, 9.17) is 14.2 Å². The van der Waals surface area contributed by atoms with E-state index in [0.717, 1.165) is 5.56 Å². The summed E-state index contributed by atoms with van der Waals surface area (Å²) in [4.78, 5) is 31.9. The Labute approximate surface area is 232 Å². The molecular formula is C25H22BrIN2O6S. The third kappa shape index (κ3) is 4.83. The summed E-state index contributed by atoms with van der Waals surface area (Å²) in [6.45, 7) is 3.63. The molecule has 1 atom stereocenters. The molecular weight excluding hydrogens is 663 g/mol. The number of ether oxygens (including phenoxy) is 3. The van der Waals surface area contributed by atoms with Crippen molar-refractivity contribution < 1.29 is 24.1 Å². The Balaban J connectivity index is 2.02. The second-order valence-electron chi connectivity index (χ2n) is 7.74. The van der Waals surface area contributed by atoms with Crippen molar-refractivity contribution in [1.29, 1.82) is 0 Å². The van der Waals surface area contributed by atoms with Crippen molar-refractivity contribution in [2.24, 2.45) is 4.99 Å². The van der Waals surface area contributed by atoms with E-state index >= 15 is 0 Å². The Morgan fingerprint density at radius 3 is 2.67 bits per heavy atom. The van der Waals surface area contributed by atoms with E-state index in [2.05, 4.69) is 20.9 Å². The van der Waals surface area contributed by atoms with Crippen LogP contribution >= 0.6 is 49.9 Å². The molecule has 36 heavy (non-hydrogen) atoms. The third-order valence-corrected chi connectivity index (χ3v) is 8.00. The third-order valence-electron chi connectivity index (χ3n) is 5.59. The fraction of sp³-hybridized carbons (Fsp3) is 0.240. The number of halogens is 2. The quantitative estimate of drug-likeness (QED) is 0.313. The first-order valence-electron chi connectivity index (χ1n) is 10.8. The first kappa shape index (κ1) is 26.4. The summed E-state index contributed by atoms with van der Waals surface area (Å²) < 4.78 is 19.5. The summed E-state index contributed by atoms with van der Waals surface area (Å²) in [5.74, 6) is 0.618. The molecule has 2 aromatic carbocycles. The topological polar surface area (TPSA) is 99.4 Å². The largest absolute Gasteiger partial charge is 0.506 e. The van der Waals surface area contributed by atoms with Crippen molar-refractivity contribution in [2.75, 3.05) is 20.8 Å². The number of hydrogen-bond donors (Lipinski definition) is 1. The molecule has 0 amide bonds. The first-order chi connectivity index (χ1) is 17.2. The number of hydrogen-bond acceptors (Lipinski definition) is 8. The average molecular weight is 685 g/mol. The van der Waals surface area contributed by atoms with Gasteiger partial charge in [0.25, 0.3) is 5.56 Å². The van der Waals surface area contributed by atoms with E-state index in [1.807, 2.05) is 22.6 Å². The van der Waals surface area contributed by atoms with Crippen LogP contribution in [0.3, 0.4) is 0 Å². The number of esters is 1. The number of fused-ring (bicyclic) bond motifs is 1. The molecule has 1 aliphatic rings. The fourth-order valence-electron chi connectivity index (χ4n) is 3.96. The summed E-state index contributed by atoms with van der Waals surface area (Å²) in [6, 6.07) is 7.90. The van der Waals surface area contributed by atoms with Gasteiger partial charge < -0.3 is 19.3 Å². The van der Waals surface area contributed by atoms with Gasteiger partial charge in [0.1, 0.15) is 23.3 Å². The lowest BCUT2D eigenvalue weighted by molar-refractivity contribution is -0.139. The molecule has 188 valence electrons. The molecule has 0 radical (unpaired) electrons. The number of phenolic OH excluding ortho intramolecular Hbond substituents is 1. The number of allylic oxidation sites excluding steroid dienone is 1. The van der Waals surface area contributed by atoms with Crippen LogP contribution in [-0.2, 0) is 9.53 Å². The van der Waals surface area contributed by atoms with Gasteiger partial charge in [-0.3, -0.25) is 9.36 Å². The van der Waals surface area contributed by atoms with Crippen molar-refractivity contribution in [3.05, 3.63) is 80.5 Å². The van der Waals surface area contributed by atoms with Crippen molar-refractivity contribution in [2.45, 2.75) is 19.9 Å². The van der Waals surface area contributed by atoms with Crippen LogP contribution in [0.1, 0.15) is 31.0 Å². The van der Waals surface area contributed by atoms with Crippen LogP contribution in [0.15, 0.2) is 55.9 Å². The number of benzene rings is 2. The molecule has 0 bridgehead atoms. The number of aromatic hydroxyl groups is 1. The first-order valence-corrected chi connectivity index (χ1v) is 13.5. The number of phenols is 1. The highest BCUT2D eigenvalue weighted by molar-refractivity contribution is 14.1. The van der Waals surface area contributed by atoms with Crippen molar-refractivity contribution >= 4 is 61.9 Å². The van der Waals surface area contributed by atoms with Gasteiger partial charge in [0.15, 0.2) is 4.80 Å². The maximum Gasteiger partial charge on any atom is 0.338 e. The van der Waals surface area contributed by atoms with Crippen molar-refractivity contribution in [3.63, 3.8) is 0 Å². The number of thiazole rings is 1. The average Bonchev–Trinajstić information content (AvgIpc) is 3.15.